The molecule has 4 amide bonds. The minimum atomic E-state index is -1.38. The van der Waals surface area contributed by atoms with Crippen LogP contribution in [0.2, 0.25) is 0 Å². The fourth-order valence-electron chi connectivity index (χ4n) is 3.80. The number of benzene rings is 1. The van der Waals surface area contributed by atoms with Crippen LogP contribution in [0.4, 0.5) is 0 Å². The Bertz CT molecular complexity index is 1030. The second-order valence-electron chi connectivity index (χ2n) is 9.90. The third-order valence-corrected chi connectivity index (χ3v) is 5.85. The zero-order chi connectivity index (χ0) is 30.2. The SMILES string of the molecule is CC(C)CC(NC(=O)C(CCCN=C(N)N)NC(=O)C(N)Cc1ccccc1)C(=O)NC(CCC(N)=O)C(=O)O. The first-order valence-corrected chi connectivity index (χ1v) is 13.1. The van der Waals surface area contributed by atoms with Gasteiger partial charge in [0.25, 0.3) is 0 Å². The Morgan fingerprint density at radius 2 is 1.43 bits per heavy atom. The topological polar surface area (TPSA) is 258 Å². The summed E-state index contributed by atoms with van der Waals surface area (Å²) in [6.07, 6.45) is 0.447. The Hall–Kier alpha value is -4.20. The van der Waals surface area contributed by atoms with Gasteiger partial charge in [-0.15, -0.1) is 0 Å². The molecular weight excluding hydrogens is 520 g/mol. The molecule has 222 valence electrons. The molecule has 0 heterocycles. The van der Waals surface area contributed by atoms with Crippen LogP contribution in [0.3, 0.4) is 0 Å². The van der Waals surface area contributed by atoms with E-state index in [1.165, 1.54) is 0 Å². The molecule has 1 aromatic rings. The van der Waals surface area contributed by atoms with Crippen LogP contribution < -0.4 is 38.9 Å². The van der Waals surface area contributed by atoms with Gasteiger partial charge in [0.15, 0.2) is 5.96 Å². The zero-order valence-corrected chi connectivity index (χ0v) is 23.0. The van der Waals surface area contributed by atoms with E-state index < -0.39 is 53.8 Å². The molecule has 0 aliphatic carbocycles. The van der Waals surface area contributed by atoms with E-state index in [0.29, 0.717) is 6.42 Å². The molecule has 0 aromatic heterocycles. The highest BCUT2D eigenvalue weighted by atomic mass is 16.4. The van der Waals surface area contributed by atoms with Crippen molar-refractivity contribution in [2.75, 3.05) is 6.54 Å². The maximum Gasteiger partial charge on any atom is 0.326 e. The first-order valence-electron chi connectivity index (χ1n) is 13.1. The van der Waals surface area contributed by atoms with Crippen LogP contribution >= 0.6 is 0 Å². The molecule has 0 bridgehead atoms. The molecule has 4 unspecified atom stereocenters. The van der Waals surface area contributed by atoms with E-state index in [2.05, 4.69) is 20.9 Å². The van der Waals surface area contributed by atoms with Crippen molar-refractivity contribution in [1.29, 1.82) is 0 Å². The average molecular weight is 563 g/mol. The van der Waals surface area contributed by atoms with Crippen molar-refractivity contribution < 1.29 is 29.1 Å². The predicted octanol–water partition coefficient (Wildman–Crippen LogP) is -1.54. The highest BCUT2D eigenvalue weighted by molar-refractivity contribution is 5.94. The van der Waals surface area contributed by atoms with Crippen molar-refractivity contribution in [3.8, 4) is 0 Å². The zero-order valence-electron chi connectivity index (χ0n) is 23.0. The number of guanidine groups is 1. The summed E-state index contributed by atoms with van der Waals surface area (Å²) in [4.78, 5) is 65.8. The third kappa shape index (κ3) is 13.6. The lowest BCUT2D eigenvalue weighted by Gasteiger charge is -2.26. The smallest absolute Gasteiger partial charge is 0.326 e. The number of amides is 4. The Labute approximate surface area is 233 Å². The number of aliphatic carboxylic acids is 1. The molecule has 1 aromatic carbocycles. The summed E-state index contributed by atoms with van der Waals surface area (Å²) in [7, 11) is 0. The number of hydrogen-bond donors (Lipinski definition) is 8. The first kappa shape index (κ1) is 33.8. The summed E-state index contributed by atoms with van der Waals surface area (Å²) in [5.74, 6) is -4.20. The van der Waals surface area contributed by atoms with E-state index in [1.54, 1.807) is 0 Å². The fourth-order valence-corrected chi connectivity index (χ4v) is 3.80. The van der Waals surface area contributed by atoms with Gasteiger partial charge in [0.2, 0.25) is 23.6 Å². The molecule has 14 heteroatoms. The molecule has 40 heavy (non-hydrogen) atoms. The van der Waals surface area contributed by atoms with Gasteiger partial charge in [-0.2, -0.15) is 0 Å². The van der Waals surface area contributed by atoms with Gasteiger partial charge < -0.3 is 44.0 Å². The van der Waals surface area contributed by atoms with Crippen molar-refractivity contribution >= 4 is 35.6 Å². The van der Waals surface area contributed by atoms with Crippen molar-refractivity contribution in [1.82, 2.24) is 16.0 Å². The number of primary amides is 1. The summed E-state index contributed by atoms with van der Waals surface area (Å²) in [6, 6.07) is 4.64. The maximum absolute atomic E-state index is 13.3. The number of carbonyl (C=O) groups excluding carboxylic acids is 4. The number of rotatable bonds is 18. The van der Waals surface area contributed by atoms with Gasteiger partial charge in [-0.25, -0.2) is 4.79 Å². The van der Waals surface area contributed by atoms with Crippen molar-refractivity contribution in [2.24, 2.45) is 33.8 Å². The number of carbonyl (C=O) groups is 5. The second kappa shape index (κ2) is 17.4. The van der Waals surface area contributed by atoms with Crippen LogP contribution in [0.25, 0.3) is 0 Å². The monoisotopic (exact) mass is 562 g/mol. The quantitative estimate of drug-likeness (QED) is 0.0585. The molecule has 0 saturated heterocycles. The molecule has 0 spiro atoms. The second-order valence-corrected chi connectivity index (χ2v) is 9.90. The molecule has 1 rings (SSSR count). The van der Waals surface area contributed by atoms with Gasteiger partial charge >= 0.3 is 5.97 Å². The molecule has 14 nitrogen and oxygen atoms in total. The van der Waals surface area contributed by atoms with Crippen LogP contribution in [0, 0.1) is 5.92 Å². The lowest BCUT2D eigenvalue weighted by Crippen LogP contribution is -2.57. The van der Waals surface area contributed by atoms with Crippen LogP contribution in [-0.2, 0) is 30.4 Å². The molecule has 0 aliphatic rings. The van der Waals surface area contributed by atoms with Gasteiger partial charge in [0, 0.05) is 13.0 Å². The predicted molar refractivity (Wildman–Crippen MR) is 149 cm³/mol. The van der Waals surface area contributed by atoms with Gasteiger partial charge in [0.1, 0.15) is 18.1 Å². The summed E-state index contributed by atoms with van der Waals surface area (Å²) in [5.41, 5.74) is 22.7. The summed E-state index contributed by atoms with van der Waals surface area (Å²) in [5, 5.41) is 17.1. The van der Waals surface area contributed by atoms with E-state index in [-0.39, 0.29) is 50.5 Å². The Morgan fingerprint density at radius 1 is 0.850 bits per heavy atom. The van der Waals surface area contributed by atoms with Gasteiger partial charge in [-0.1, -0.05) is 44.2 Å². The number of nitrogens with zero attached hydrogens (tertiary/aromatic N) is 1. The number of aliphatic imine (C=N–C) groups is 1. The van der Waals surface area contributed by atoms with E-state index in [9.17, 15) is 29.1 Å². The summed E-state index contributed by atoms with van der Waals surface area (Å²) in [6.45, 7) is 3.85. The molecular formula is C26H42N8O6. The first-order chi connectivity index (χ1) is 18.8. The van der Waals surface area contributed by atoms with Gasteiger partial charge in [-0.05, 0) is 43.6 Å². The molecule has 4 atom stereocenters. The third-order valence-electron chi connectivity index (χ3n) is 5.85. The molecule has 0 fully saturated rings. The maximum atomic E-state index is 13.3. The van der Waals surface area contributed by atoms with Crippen LogP contribution in [0.15, 0.2) is 35.3 Å². The number of hydrogen-bond acceptors (Lipinski definition) is 7. The highest BCUT2D eigenvalue weighted by Crippen LogP contribution is 2.09. The van der Waals surface area contributed by atoms with Gasteiger partial charge in [0.05, 0.1) is 6.04 Å². The summed E-state index contributed by atoms with van der Waals surface area (Å²) < 4.78 is 0. The van der Waals surface area contributed by atoms with Crippen LogP contribution in [-0.4, -0.2) is 71.4 Å². The average Bonchev–Trinajstić information content (AvgIpc) is 2.87. The Morgan fingerprint density at radius 3 is 1.98 bits per heavy atom. The van der Waals surface area contributed by atoms with E-state index in [0.717, 1.165) is 5.56 Å². The van der Waals surface area contributed by atoms with E-state index in [1.807, 2.05) is 44.2 Å². The number of carboxylic acid groups (broad SMARTS) is 1. The normalized spacial score (nSPS) is 13.8. The van der Waals surface area contributed by atoms with Crippen molar-refractivity contribution in [3.05, 3.63) is 35.9 Å². The minimum Gasteiger partial charge on any atom is -0.480 e. The Balaban J connectivity index is 3.03. The number of carboxylic acids is 1. The number of nitrogens with two attached hydrogens (primary N) is 4. The standard InChI is InChI=1S/C26H42N8O6/c1-15(2)13-20(24(38)33-19(25(39)40)10-11-21(28)35)34-23(37)18(9-6-12-31-26(29)30)32-22(36)17(27)14-16-7-4-3-5-8-16/h3-5,7-8,15,17-20H,6,9-14,27H2,1-2H3,(H2,28,35)(H,32,36)(H,33,38)(H,34,37)(H,39,40)(H4,29,30,31). The fraction of sp³-hybridized carbons (Fsp3) is 0.538. The summed E-state index contributed by atoms with van der Waals surface area (Å²) >= 11 is 0. The van der Waals surface area contributed by atoms with Gasteiger partial charge in [-0.3, -0.25) is 24.2 Å². The largest absolute Gasteiger partial charge is 0.480 e. The molecule has 0 saturated carbocycles. The molecule has 12 N–H and O–H groups in total. The van der Waals surface area contributed by atoms with Crippen LogP contribution in [0.1, 0.15) is 51.5 Å². The number of nitrogens with one attached hydrogen (secondary N) is 3. The lowest BCUT2D eigenvalue weighted by atomic mass is 10.0. The van der Waals surface area contributed by atoms with Crippen LogP contribution in [0.5, 0.6) is 0 Å². The highest BCUT2D eigenvalue weighted by Gasteiger charge is 2.30. The van der Waals surface area contributed by atoms with Crippen molar-refractivity contribution in [2.45, 2.75) is 76.5 Å². The molecule has 0 radical (unpaired) electrons. The minimum absolute atomic E-state index is 0.0563. The lowest BCUT2D eigenvalue weighted by molar-refractivity contribution is -0.142. The van der Waals surface area contributed by atoms with E-state index in [4.69, 9.17) is 22.9 Å². The Kier molecular flexibility index (Phi) is 14.7. The molecule has 0 aliphatic heterocycles. The van der Waals surface area contributed by atoms with Crippen molar-refractivity contribution in [3.63, 3.8) is 0 Å². The van der Waals surface area contributed by atoms with E-state index >= 15 is 0 Å².